The van der Waals surface area contributed by atoms with Gasteiger partial charge in [-0.3, -0.25) is 0 Å². The molecule has 1 aliphatic heterocycles. The van der Waals surface area contributed by atoms with Gasteiger partial charge >= 0.3 is 6.03 Å². The second kappa shape index (κ2) is 9.78. The van der Waals surface area contributed by atoms with E-state index in [0.29, 0.717) is 43.1 Å². The van der Waals surface area contributed by atoms with Crippen molar-refractivity contribution in [3.05, 3.63) is 54.6 Å². The number of carbonyl (C=O) groups is 1. The first-order valence-corrected chi connectivity index (χ1v) is 11.6. The molecule has 1 fully saturated rings. The molecular formula is C22H28N2O4S. The third-order valence-electron chi connectivity index (χ3n) is 5.11. The molecule has 0 aromatic heterocycles. The van der Waals surface area contributed by atoms with Crippen LogP contribution in [-0.4, -0.2) is 44.3 Å². The van der Waals surface area contributed by atoms with Gasteiger partial charge in [-0.05, 0) is 55.7 Å². The Balaban J connectivity index is 1.51. The van der Waals surface area contributed by atoms with E-state index in [2.05, 4.69) is 12.2 Å². The smallest absolute Gasteiger partial charge is 0.321 e. The number of carbonyl (C=O) groups excluding carboxylic acids is 1. The van der Waals surface area contributed by atoms with Crippen LogP contribution in [0, 0.1) is 0 Å². The number of anilines is 1. The summed E-state index contributed by atoms with van der Waals surface area (Å²) in [5.74, 6) is 0.781. The number of unbranched alkanes of at least 4 members (excludes halogenated alkanes) is 1. The molecule has 2 amide bonds. The summed E-state index contributed by atoms with van der Waals surface area (Å²) in [6, 6.07) is 15.6. The maximum Gasteiger partial charge on any atom is 0.321 e. The highest BCUT2D eigenvalue weighted by Gasteiger charge is 2.32. The Kier molecular flexibility index (Phi) is 7.14. The van der Waals surface area contributed by atoms with Gasteiger partial charge in [0.25, 0.3) is 0 Å². The fraction of sp³-hybridized carbons (Fsp3) is 0.409. The Hall–Kier alpha value is -2.54. The third-order valence-corrected chi connectivity index (χ3v) is 7.39. The monoisotopic (exact) mass is 416 g/mol. The number of hydrogen-bond acceptors (Lipinski definition) is 4. The molecule has 1 saturated heterocycles. The molecule has 1 N–H and O–H groups in total. The van der Waals surface area contributed by atoms with Crippen LogP contribution >= 0.6 is 0 Å². The fourth-order valence-electron chi connectivity index (χ4n) is 3.34. The van der Waals surface area contributed by atoms with Crippen molar-refractivity contribution in [2.45, 2.75) is 42.8 Å². The standard InChI is InChI=1S/C22H28N2O4S/c1-2-3-17-28-19-11-9-18(10-12-19)23-22(25)24-15-13-21(14-16-24)29(26,27)20-7-5-4-6-8-20/h4-12,21H,2-3,13-17H2,1H3,(H,23,25). The van der Waals surface area contributed by atoms with Gasteiger partial charge in [-0.25, -0.2) is 13.2 Å². The minimum atomic E-state index is -3.36. The lowest BCUT2D eigenvalue weighted by Crippen LogP contribution is -2.44. The zero-order valence-electron chi connectivity index (χ0n) is 16.7. The Bertz CT molecular complexity index is 890. The first-order valence-electron chi connectivity index (χ1n) is 10.1. The number of ether oxygens (including phenoxy) is 1. The molecule has 3 rings (SSSR count). The van der Waals surface area contributed by atoms with Crippen LogP contribution in [0.5, 0.6) is 5.75 Å². The van der Waals surface area contributed by atoms with Gasteiger partial charge in [0, 0.05) is 18.8 Å². The van der Waals surface area contributed by atoms with Crippen LogP contribution < -0.4 is 10.1 Å². The Labute approximate surface area is 172 Å². The van der Waals surface area contributed by atoms with Gasteiger partial charge in [-0.2, -0.15) is 0 Å². The molecule has 0 atom stereocenters. The second-order valence-electron chi connectivity index (χ2n) is 7.20. The van der Waals surface area contributed by atoms with Crippen molar-refractivity contribution in [1.82, 2.24) is 4.90 Å². The van der Waals surface area contributed by atoms with Crippen LogP contribution in [0.3, 0.4) is 0 Å². The summed E-state index contributed by atoms with van der Waals surface area (Å²) in [5, 5.41) is 2.42. The van der Waals surface area contributed by atoms with Gasteiger partial charge < -0.3 is 15.0 Å². The van der Waals surface area contributed by atoms with Gasteiger partial charge in [0.1, 0.15) is 5.75 Å². The molecule has 2 aromatic rings. The quantitative estimate of drug-likeness (QED) is 0.682. The van der Waals surface area contributed by atoms with Crippen molar-refractivity contribution in [2.75, 3.05) is 25.0 Å². The molecule has 0 aliphatic carbocycles. The van der Waals surface area contributed by atoms with Crippen LogP contribution in [0.15, 0.2) is 59.5 Å². The maximum absolute atomic E-state index is 12.8. The zero-order valence-corrected chi connectivity index (χ0v) is 17.5. The number of benzene rings is 2. The van der Waals surface area contributed by atoms with Crippen LogP contribution in [-0.2, 0) is 9.84 Å². The average Bonchev–Trinajstić information content (AvgIpc) is 2.76. The molecule has 1 aliphatic rings. The molecule has 6 nitrogen and oxygen atoms in total. The SMILES string of the molecule is CCCCOc1ccc(NC(=O)N2CCC(S(=O)(=O)c3ccccc3)CC2)cc1. The molecule has 29 heavy (non-hydrogen) atoms. The highest BCUT2D eigenvalue weighted by molar-refractivity contribution is 7.92. The van der Waals surface area contributed by atoms with Crippen molar-refractivity contribution >= 4 is 21.6 Å². The van der Waals surface area contributed by atoms with Crippen molar-refractivity contribution in [3.8, 4) is 5.75 Å². The number of hydrogen-bond donors (Lipinski definition) is 1. The Morgan fingerprint density at radius 1 is 1.07 bits per heavy atom. The number of urea groups is 1. The summed E-state index contributed by atoms with van der Waals surface area (Å²) in [5.41, 5.74) is 0.692. The lowest BCUT2D eigenvalue weighted by Gasteiger charge is -2.31. The molecule has 0 bridgehead atoms. The Morgan fingerprint density at radius 2 is 1.72 bits per heavy atom. The minimum absolute atomic E-state index is 0.208. The highest BCUT2D eigenvalue weighted by atomic mass is 32.2. The summed E-state index contributed by atoms with van der Waals surface area (Å²) in [6.45, 7) is 3.63. The molecule has 7 heteroatoms. The van der Waals surface area contributed by atoms with E-state index in [1.54, 1.807) is 35.2 Å². The first kappa shape index (κ1) is 21.2. The van der Waals surface area contributed by atoms with Crippen LogP contribution in [0.4, 0.5) is 10.5 Å². The Morgan fingerprint density at radius 3 is 2.34 bits per heavy atom. The van der Waals surface area contributed by atoms with E-state index in [9.17, 15) is 13.2 Å². The average molecular weight is 417 g/mol. The maximum atomic E-state index is 12.8. The van der Waals surface area contributed by atoms with Gasteiger partial charge in [0.2, 0.25) is 0 Å². The number of nitrogens with zero attached hydrogens (tertiary/aromatic N) is 1. The number of nitrogens with one attached hydrogen (secondary N) is 1. The van der Waals surface area contributed by atoms with Gasteiger partial charge in [0.05, 0.1) is 16.8 Å². The molecule has 156 valence electrons. The summed E-state index contributed by atoms with van der Waals surface area (Å²) < 4.78 is 31.1. The van der Waals surface area contributed by atoms with Crippen molar-refractivity contribution < 1.29 is 17.9 Å². The van der Waals surface area contributed by atoms with E-state index in [4.69, 9.17) is 4.74 Å². The number of likely N-dealkylation sites (tertiary alicyclic amines) is 1. The highest BCUT2D eigenvalue weighted by Crippen LogP contribution is 2.25. The summed E-state index contributed by atoms with van der Waals surface area (Å²) in [4.78, 5) is 14.5. The number of piperidine rings is 1. The van der Waals surface area contributed by atoms with Crippen LogP contribution in [0.2, 0.25) is 0 Å². The van der Waals surface area contributed by atoms with Crippen LogP contribution in [0.1, 0.15) is 32.6 Å². The predicted octanol–water partition coefficient (Wildman–Crippen LogP) is 4.34. The minimum Gasteiger partial charge on any atom is -0.494 e. The van der Waals surface area contributed by atoms with E-state index in [1.165, 1.54) is 0 Å². The topological polar surface area (TPSA) is 75.7 Å². The van der Waals surface area contributed by atoms with E-state index < -0.39 is 15.1 Å². The molecule has 2 aromatic carbocycles. The normalized spacial score (nSPS) is 15.1. The zero-order chi connectivity index (χ0) is 20.7. The van der Waals surface area contributed by atoms with Crippen LogP contribution in [0.25, 0.3) is 0 Å². The van der Waals surface area contributed by atoms with Gasteiger partial charge in [0.15, 0.2) is 9.84 Å². The summed E-state index contributed by atoms with van der Waals surface area (Å²) in [7, 11) is -3.36. The van der Waals surface area contributed by atoms with Crippen molar-refractivity contribution in [2.24, 2.45) is 0 Å². The predicted molar refractivity (Wildman–Crippen MR) is 114 cm³/mol. The van der Waals surface area contributed by atoms with E-state index in [0.717, 1.165) is 18.6 Å². The van der Waals surface area contributed by atoms with Crippen molar-refractivity contribution in [1.29, 1.82) is 0 Å². The van der Waals surface area contributed by atoms with Gasteiger partial charge in [-0.15, -0.1) is 0 Å². The van der Waals surface area contributed by atoms with Crippen molar-refractivity contribution in [3.63, 3.8) is 0 Å². The number of amides is 2. The van der Waals surface area contributed by atoms with E-state index in [1.807, 2.05) is 24.3 Å². The largest absolute Gasteiger partial charge is 0.494 e. The molecule has 0 saturated carbocycles. The second-order valence-corrected chi connectivity index (χ2v) is 9.43. The van der Waals surface area contributed by atoms with E-state index in [-0.39, 0.29) is 6.03 Å². The third kappa shape index (κ3) is 5.50. The molecule has 1 heterocycles. The first-order chi connectivity index (χ1) is 14.0. The fourth-order valence-corrected chi connectivity index (χ4v) is 5.10. The summed E-state index contributed by atoms with van der Waals surface area (Å²) in [6.07, 6.45) is 2.97. The summed E-state index contributed by atoms with van der Waals surface area (Å²) >= 11 is 0. The number of rotatable bonds is 7. The molecule has 0 spiro atoms. The lowest BCUT2D eigenvalue weighted by molar-refractivity contribution is 0.200. The molecule has 0 radical (unpaired) electrons. The van der Waals surface area contributed by atoms with E-state index >= 15 is 0 Å². The lowest BCUT2D eigenvalue weighted by atomic mass is 10.1. The molecule has 0 unspecified atom stereocenters. The van der Waals surface area contributed by atoms with Gasteiger partial charge in [-0.1, -0.05) is 31.5 Å². The number of sulfone groups is 1. The molecular weight excluding hydrogens is 388 g/mol.